The van der Waals surface area contributed by atoms with Gasteiger partial charge in [0.25, 0.3) is 0 Å². The molecule has 3 heterocycles. The summed E-state index contributed by atoms with van der Waals surface area (Å²) in [5, 5.41) is 3.47. The summed E-state index contributed by atoms with van der Waals surface area (Å²) in [7, 11) is 0. The molecule has 1 aromatic rings. The first-order valence-corrected chi connectivity index (χ1v) is 8.32. The zero-order valence-electron chi connectivity index (χ0n) is 13.6. The first-order valence-electron chi connectivity index (χ1n) is 8.32. The van der Waals surface area contributed by atoms with Gasteiger partial charge in [0.2, 0.25) is 0 Å². The summed E-state index contributed by atoms with van der Waals surface area (Å²) in [5.74, 6) is 1.16. The zero-order chi connectivity index (χ0) is 14.8. The monoisotopic (exact) mass is 288 g/mol. The normalized spacial score (nSPS) is 22.9. The van der Waals surface area contributed by atoms with Crippen molar-refractivity contribution in [3.63, 3.8) is 0 Å². The predicted molar refractivity (Wildman–Crippen MR) is 87.8 cm³/mol. The first kappa shape index (κ1) is 14.8. The summed E-state index contributed by atoms with van der Waals surface area (Å²) in [6.45, 7) is 12.2. The average molecular weight is 288 g/mol. The number of fused-ring (bicyclic) bond motifs is 1. The van der Waals surface area contributed by atoms with E-state index < -0.39 is 0 Å². The van der Waals surface area contributed by atoms with E-state index in [9.17, 15) is 0 Å². The molecule has 0 bridgehead atoms. The molecular formula is C17H28N4. The van der Waals surface area contributed by atoms with Crippen LogP contribution in [0.25, 0.3) is 0 Å². The van der Waals surface area contributed by atoms with Gasteiger partial charge in [0.15, 0.2) is 0 Å². The molecule has 2 aliphatic heterocycles. The molecule has 2 saturated heterocycles. The Kier molecular flexibility index (Phi) is 4.45. The van der Waals surface area contributed by atoms with Gasteiger partial charge in [-0.1, -0.05) is 19.9 Å². The summed E-state index contributed by atoms with van der Waals surface area (Å²) >= 11 is 0. The van der Waals surface area contributed by atoms with Crippen molar-refractivity contribution < 1.29 is 0 Å². The van der Waals surface area contributed by atoms with Crippen LogP contribution in [0.2, 0.25) is 0 Å². The lowest BCUT2D eigenvalue weighted by atomic mass is 10.1. The van der Waals surface area contributed by atoms with Crippen LogP contribution in [0.3, 0.4) is 0 Å². The van der Waals surface area contributed by atoms with Crippen molar-refractivity contribution in [2.75, 3.05) is 31.1 Å². The van der Waals surface area contributed by atoms with E-state index in [1.165, 1.54) is 31.5 Å². The molecule has 0 saturated carbocycles. The number of hydrogen-bond acceptors (Lipinski definition) is 4. The molecule has 2 aliphatic rings. The smallest absolute Gasteiger partial charge is 0.128 e. The Labute approximate surface area is 128 Å². The Morgan fingerprint density at radius 1 is 1.29 bits per heavy atom. The van der Waals surface area contributed by atoms with Crippen molar-refractivity contribution in [1.29, 1.82) is 0 Å². The number of aromatic nitrogens is 1. The van der Waals surface area contributed by atoms with Gasteiger partial charge in [0.1, 0.15) is 5.82 Å². The van der Waals surface area contributed by atoms with Crippen LogP contribution in [0.15, 0.2) is 12.1 Å². The lowest BCUT2D eigenvalue weighted by molar-refractivity contribution is 0.230. The minimum absolute atomic E-state index is 0.513. The van der Waals surface area contributed by atoms with Crippen molar-refractivity contribution in [1.82, 2.24) is 15.2 Å². The van der Waals surface area contributed by atoms with Crippen molar-refractivity contribution in [2.45, 2.75) is 52.2 Å². The largest absolute Gasteiger partial charge is 0.354 e. The van der Waals surface area contributed by atoms with Crippen molar-refractivity contribution >= 4 is 5.82 Å². The second-order valence-corrected chi connectivity index (χ2v) is 6.73. The minimum atomic E-state index is 0.513. The standard InChI is InChI=1S/C17H28N4/c1-13(2)18-11-15-6-7-17(19-14(15)3)21-10-9-20-8-4-5-16(20)12-21/h6-7,13,16,18H,4-5,8-12H2,1-3H3. The fourth-order valence-electron chi connectivity index (χ4n) is 3.45. The van der Waals surface area contributed by atoms with Gasteiger partial charge in [0, 0.05) is 44.0 Å². The third-order valence-corrected chi connectivity index (χ3v) is 4.79. The SMILES string of the molecule is Cc1nc(N2CCN3CCCC3C2)ccc1CNC(C)C. The summed E-state index contributed by atoms with van der Waals surface area (Å²) < 4.78 is 0. The van der Waals surface area contributed by atoms with E-state index in [2.05, 4.69) is 48.0 Å². The maximum Gasteiger partial charge on any atom is 0.128 e. The molecule has 21 heavy (non-hydrogen) atoms. The van der Waals surface area contributed by atoms with Gasteiger partial charge in [-0.2, -0.15) is 0 Å². The maximum absolute atomic E-state index is 4.86. The van der Waals surface area contributed by atoms with E-state index in [0.717, 1.165) is 37.2 Å². The van der Waals surface area contributed by atoms with Gasteiger partial charge in [-0.25, -0.2) is 4.98 Å². The second-order valence-electron chi connectivity index (χ2n) is 6.73. The van der Waals surface area contributed by atoms with Crippen molar-refractivity contribution in [3.8, 4) is 0 Å². The van der Waals surface area contributed by atoms with Crippen LogP contribution in [0.1, 0.15) is 37.9 Å². The molecular weight excluding hydrogens is 260 g/mol. The average Bonchev–Trinajstić information content (AvgIpc) is 2.93. The lowest BCUT2D eigenvalue weighted by Crippen LogP contribution is -2.50. The first-order chi connectivity index (χ1) is 10.1. The highest BCUT2D eigenvalue weighted by molar-refractivity contribution is 5.42. The molecule has 2 fully saturated rings. The number of rotatable bonds is 4. The van der Waals surface area contributed by atoms with Gasteiger partial charge >= 0.3 is 0 Å². The van der Waals surface area contributed by atoms with Crippen molar-refractivity contribution in [2.24, 2.45) is 0 Å². The summed E-state index contributed by atoms with van der Waals surface area (Å²) in [6.07, 6.45) is 2.72. The fourth-order valence-corrected chi connectivity index (χ4v) is 3.45. The van der Waals surface area contributed by atoms with Crippen LogP contribution in [-0.2, 0) is 6.54 Å². The maximum atomic E-state index is 4.86. The molecule has 0 spiro atoms. The number of pyridine rings is 1. The Balaban J connectivity index is 1.67. The number of aryl methyl sites for hydroxylation is 1. The topological polar surface area (TPSA) is 31.4 Å². The number of nitrogens with zero attached hydrogens (tertiary/aromatic N) is 3. The molecule has 3 rings (SSSR count). The highest BCUT2D eigenvalue weighted by Gasteiger charge is 2.30. The van der Waals surface area contributed by atoms with Crippen LogP contribution in [0, 0.1) is 6.92 Å². The highest BCUT2D eigenvalue weighted by atomic mass is 15.3. The Morgan fingerprint density at radius 2 is 2.14 bits per heavy atom. The highest BCUT2D eigenvalue weighted by Crippen LogP contribution is 2.25. The zero-order valence-corrected chi connectivity index (χ0v) is 13.6. The Bertz CT molecular complexity index is 486. The minimum Gasteiger partial charge on any atom is -0.354 e. The van der Waals surface area contributed by atoms with E-state index >= 15 is 0 Å². The van der Waals surface area contributed by atoms with E-state index in [4.69, 9.17) is 4.98 Å². The van der Waals surface area contributed by atoms with Gasteiger partial charge in [-0.05, 0) is 37.9 Å². The third kappa shape index (κ3) is 3.38. The molecule has 4 nitrogen and oxygen atoms in total. The van der Waals surface area contributed by atoms with E-state index in [0.29, 0.717) is 6.04 Å². The van der Waals surface area contributed by atoms with E-state index in [-0.39, 0.29) is 0 Å². The molecule has 4 heteroatoms. The van der Waals surface area contributed by atoms with Crippen molar-refractivity contribution in [3.05, 3.63) is 23.4 Å². The number of hydrogen-bond donors (Lipinski definition) is 1. The number of piperazine rings is 1. The molecule has 0 aliphatic carbocycles. The molecule has 1 N–H and O–H groups in total. The molecule has 116 valence electrons. The molecule has 1 unspecified atom stereocenters. The molecule has 0 amide bonds. The van der Waals surface area contributed by atoms with Gasteiger partial charge < -0.3 is 10.2 Å². The molecule has 1 atom stereocenters. The van der Waals surface area contributed by atoms with Gasteiger partial charge in [-0.3, -0.25) is 4.90 Å². The molecule has 0 radical (unpaired) electrons. The number of anilines is 1. The Morgan fingerprint density at radius 3 is 2.90 bits per heavy atom. The summed E-state index contributed by atoms with van der Waals surface area (Å²) in [5.41, 5.74) is 2.47. The van der Waals surface area contributed by atoms with Crippen LogP contribution < -0.4 is 10.2 Å². The van der Waals surface area contributed by atoms with E-state index in [1.54, 1.807) is 0 Å². The Hall–Kier alpha value is -1.13. The molecule has 0 aromatic carbocycles. The van der Waals surface area contributed by atoms with Crippen LogP contribution in [0.5, 0.6) is 0 Å². The quantitative estimate of drug-likeness (QED) is 0.920. The van der Waals surface area contributed by atoms with Crippen LogP contribution in [0.4, 0.5) is 5.82 Å². The predicted octanol–water partition coefficient (Wildman–Crippen LogP) is 2.17. The molecule has 1 aromatic heterocycles. The van der Waals surface area contributed by atoms with Crippen LogP contribution >= 0.6 is 0 Å². The summed E-state index contributed by atoms with van der Waals surface area (Å²) in [6, 6.07) is 5.71. The fraction of sp³-hybridized carbons (Fsp3) is 0.706. The second kappa shape index (κ2) is 6.32. The third-order valence-electron chi connectivity index (χ3n) is 4.79. The number of nitrogens with one attached hydrogen (secondary N) is 1. The summed E-state index contributed by atoms with van der Waals surface area (Å²) in [4.78, 5) is 9.97. The van der Waals surface area contributed by atoms with E-state index in [1.807, 2.05) is 0 Å². The van der Waals surface area contributed by atoms with Gasteiger partial charge in [-0.15, -0.1) is 0 Å². The van der Waals surface area contributed by atoms with Gasteiger partial charge in [0.05, 0.1) is 0 Å². The van der Waals surface area contributed by atoms with Crippen LogP contribution in [-0.4, -0.2) is 48.1 Å². The lowest BCUT2D eigenvalue weighted by Gasteiger charge is -2.38.